The Morgan fingerprint density at radius 2 is 1.60 bits per heavy atom. The molecule has 0 radical (unpaired) electrons. The number of halogens is 3. The summed E-state index contributed by atoms with van der Waals surface area (Å²) < 4.78 is 27.4. The summed E-state index contributed by atoms with van der Waals surface area (Å²) in [6, 6.07) is 10.9. The van der Waals surface area contributed by atoms with Crippen LogP contribution in [0, 0.1) is 11.6 Å². The minimum absolute atomic E-state index is 0.0178. The normalized spacial score (nSPS) is 14.1. The Labute approximate surface area is 121 Å². The van der Waals surface area contributed by atoms with Crippen molar-refractivity contribution in [3.05, 3.63) is 70.2 Å². The molecule has 4 heteroatoms. The molecule has 0 bridgehead atoms. The average molecular weight is 297 g/mol. The third-order valence-electron chi connectivity index (χ3n) is 3.13. The smallest absolute Gasteiger partial charge is 0.145 e. The fourth-order valence-corrected chi connectivity index (χ4v) is 2.40. The summed E-state index contributed by atoms with van der Waals surface area (Å²) >= 11 is 5.71. The van der Waals surface area contributed by atoms with E-state index in [1.54, 1.807) is 37.3 Å². The Hall–Kier alpha value is -1.45. The van der Waals surface area contributed by atoms with E-state index in [9.17, 15) is 13.9 Å². The van der Waals surface area contributed by atoms with Gasteiger partial charge in [0.05, 0.1) is 10.6 Å². The quantitative estimate of drug-likeness (QED) is 0.898. The van der Waals surface area contributed by atoms with E-state index in [0.717, 1.165) is 0 Å². The largest absolute Gasteiger partial charge is 0.389 e. The highest BCUT2D eigenvalue weighted by Crippen LogP contribution is 2.25. The van der Waals surface area contributed by atoms with Gasteiger partial charge in [-0.05, 0) is 30.2 Å². The monoisotopic (exact) mass is 296 g/mol. The second kappa shape index (κ2) is 5.90. The SMILES string of the molecule is CC(O)(Cc1ccccc1F)Cc1cccc(Cl)c1F. The molecule has 0 heterocycles. The zero-order chi connectivity index (χ0) is 14.8. The Kier molecular flexibility index (Phi) is 4.41. The van der Waals surface area contributed by atoms with Gasteiger partial charge in [-0.3, -0.25) is 0 Å². The molecule has 1 atom stereocenters. The Bertz CT molecular complexity index is 611. The molecule has 0 amide bonds. The zero-order valence-electron chi connectivity index (χ0n) is 11.0. The number of aliphatic hydroxyl groups is 1. The number of hydrogen-bond donors (Lipinski definition) is 1. The van der Waals surface area contributed by atoms with Crippen molar-refractivity contribution in [1.29, 1.82) is 0 Å². The molecule has 1 N–H and O–H groups in total. The molecule has 20 heavy (non-hydrogen) atoms. The van der Waals surface area contributed by atoms with Gasteiger partial charge in [-0.25, -0.2) is 8.78 Å². The molecule has 0 aliphatic carbocycles. The minimum Gasteiger partial charge on any atom is -0.389 e. The molecule has 0 aliphatic rings. The second-order valence-electron chi connectivity index (χ2n) is 5.15. The van der Waals surface area contributed by atoms with Crippen molar-refractivity contribution in [3.63, 3.8) is 0 Å². The highest BCUT2D eigenvalue weighted by Gasteiger charge is 2.25. The minimum atomic E-state index is -1.26. The van der Waals surface area contributed by atoms with Crippen LogP contribution in [-0.2, 0) is 12.8 Å². The summed E-state index contributed by atoms with van der Waals surface area (Å²) in [5, 5.41) is 10.4. The predicted octanol–water partition coefficient (Wildman–Crippen LogP) is 4.15. The molecule has 2 aromatic rings. The van der Waals surface area contributed by atoms with Crippen molar-refractivity contribution < 1.29 is 13.9 Å². The van der Waals surface area contributed by atoms with Crippen LogP contribution in [0.25, 0.3) is 0 Å². The van der Waals surface area contributed by atoms with Crippen LogP contribution in [0.3, 0.4) is 0 Å². The van der Waals surface area contributed by atoms with Crippen LogP contribution in [0.4, 0.5) is 8.78 Å². The van der Waals surface area contributed by atoms with E-state index in [-0.39, 0.29) is 23.7 Å². The van der Waals surface area contributed by atoms with Crippen LogP contribution in [0.15, 0.2) is 42.5 Å². The van der Waals surface area contributed by atoms with Gasteiger partial charge in [0, 0.05) is 12.8 Å². The summed E-state index contributed by atoms with van der Waals surface area (Å²) in [4.78, 5) is 0. The molecule has 0 spiro atoms. The van der Waals surface area contributed by atoms with Crippen molar-refractivity contribution in [3.8, 4) is 0 Å². The van der Waals surface area contributed by atoms with E-state index < -0.39 is 11.4 Å². The van der Waals surface area contributed by atoms with Gasteiger partial charge in [0.1, 0.15) is 11.6 Å². The first-order valence-electron chi connectivity index (χ1n) is 6.28. The van der Waals surface area contributed by atoms with E-state index in [1.165, 1.54) is 12.1 Å². The number of rotatable bonds is 4. The molecule has 2 aromatic carbocycles. The van der Waals surface area contributed by atoms with E-state index in [0.29, 0.717) is 11.1 Å². The number of hydrogen-bond acceptors (Lipinski definition) is 1. The molecule has 106 valence electrons. The second-order valence-corrected chi connectivity index (χ2v) is 5.56. The van der Waals surface area contributed by atoms with Crippen LogP contribution in [-0.4, -0.2) is 10.7 Å². The molecule has 0 aliphatic heterocycles. The third-order valence-corrected chi connectivity index (χ3v) is 3.42. The molecule has 1 nitrogen and oxygen atoms in total. The van der Waals surface area contributed by atoms with Gasteiger partial charge in [-0.1, -0.05) is 41.9 Å². The standard InChI is InChI=1S/C16H15ClF2O/c1-16(20,9-11-5-2-3-8-14(11)18)10-12-6-4-7-13(17)15(12)19/h2-8,20H,9-10H2,1H3. The predicted molar refractivity (Wildman–Crippen MR) is 75.8 cm³/mol. The van der Waals surface area contributed by atoms with E-state index in [4.69, 9.17) is 11.6 Å². The van der Waals surface area contributed by atoms with Crippen molar-refractivity contribution in [2.24, 2.45) is 0 Å². The summed E-state index contributed by atoms with van der Waals surface area (Å²) in [6.45, 7) is 1.56. The van der Waals surface area contributed by atoms with E-state index >= 15 is 0 Å². The highest BCUT2D eigenvalue weighted by molar-refractivity contribution is 6.30. The fourth-order valence-electron chi connectivity index (χ4n) is 2.21. The number of benzene rings is 2. The van der Waals surface area contributed by atoms with Crippen LogP contribution in [0.5, 0.6) is 0 Å². The lowest BCUT2D eigenvalue weighted by molar-refractivity contribution is 0.0590. The van der Waals surface area contributed by atoms with Crippen LogP contribution in [0.2, 0.25) is 5.02 Å². The maximum atomic E-state index is 13.8. The first-order valence-corrected chi connectivity index (χ1v) is 6.65. The first kappa shape index (κ1) is 14.9. The van der Waals surface area contributed by atoms with Crippen molar-refractivity contribution in [2.75, 3.05) is 0 Å². The van der Waals surface area contributed by atoms with Crippen molar-refractivity contribution >= 4 is 11.6 Å². The molecule has 0 saturated carbocycles. The Morgan fingerprint density at radius 1 is 1.00 bits per heavy atom. The first-order chi connectivity index (χ1) is 9.39. The molecular formula is C16H15ClF2O. The van der Waals surface area contributed by atoms with Gasteiger partial charge in [0.2, 0.25) is 0 Å². The molecule has 1 unspecified atom stereocenters. The molecular weight excluding hydrogens is 282 g/mol. The fraction of sp³-hybridized carbons (Fsp3) is 0.250. The lowest BCUT2D eigenvalue weighted by Crippen LogP contribution is -2.31. The molecule has 0 fully saturated rings. The Balaban J connectivity index is 2.19. The maximum absolute atomic E-state index is 13.8. The molecule has 2 rings (SSSR count). The van der Waals surface area contributed by atoms with E-state index in [1.807, 2.05) is 0 Å². The van der Waals surface area contributed by atoms with Gasteiger partial charge >= 0.3 is 0 Å². The molecule has 0 saturated heterocycles. The maximum Gasteiger partial charge on any atom is 0.145 e. The highest BCUT2D eigenvalue weighted by atomic mass is 35.5. The van der Waals surface area contributed by atoms with Gasteiger partial charge in [-0.2, -0.15) is 0 Å². The Morgan fingerprint density at radius 3 is 2.30 bits per heavy atom. The third kappa shape index (κ3) is 3.56. The van der Waals surface area contributed by atoms with Crippen LogP contribution < -0.4 is 0 Å². The van der Waals surface area contributed by atoms with E-state index in [2.05, 4.69) is 0 Å². The lowest BCUT2D eigenvalue weighted by atomic mass is 9.89. The van der Waals surface area contributed by atoms with Crippen molar-refractivity contribution in [2.45, 2.75) is 25.4 Å². The topological polar surface area (TPSA) is 20.2 Å². The van der Waals surface area contributed by atoms with Gasteiger partial charge in [0.15, 0.2) is 0 Å². The van der Waals surface area contributed by atoms with Gasteiger partial charge in [0.25, 0.3) is 0 Å². The zero-order valence-corrected chi connectivity index (χ0v) is 11.8. The van der Waals surface area contributed by atoms with Gasteiger partial charge < -0.3 is 5.11 Å². The lowest BCUT2D eigenvalue weighted by Gasteiger charge is -2.24. The van der Waals surface area contributed by atoms with Crippen LogP contribution in [0.1, 0.15) is 18.1 Å². The summed E-state index contributed by atoms with van der Waals surface area (Å²) in [6.07, 6.45) is 0.166. The average Bonchev–Trinajstić information content (AvgIpc) is 2.37. The summed E-state index contributed by atoms with van der Waals surface area (Å²) in [5.41, 5.74) is -0.535. The van der Waals surface area contributed by atoms with Crippen LogP contribution >= 0.6 is 11.6 Å². The summed E-state index contributed by atoms with van der Waals surface area (Å²) in [5.74, 6) is -0.915. The van der Waals surface area contributed by atoms with Gasteiger partial charge in [-0.15, -0.1) is 0 Å². The van der Waals surface area contributed by atoms with Crippen molar-refractivity contribution in [1.82, 2.24) is 0 Å². The molecule has 0 aromatic heterocycles. The summed E-state index contributed by atoms with van der Waals surface area (Å²) in [7, 11) is 0.